The Morgan fingerprint density at radius 2 is 1.37 bits per heavy atom. The van der Waals surface area contributed by atoms with E-state index in [0.717, 1.165) is 18.9 Å². The summed E-state index contributed by atoms with van der Waals surface area (Å²) in [5.74, 6) is -0.861. The van der Waals surface area contributed by atoms with Crippen LogP contribution >= 0.6 is 0 Å². The quantitative estimate of drug-likeness (QED) is 0.276. The van der Waals surface area contributed by atoms with Crippen molar-refractivity contribution in [1.82, 2.24) is 0 Å². The van der Waals surface area contributed by atoms with Crippen LogP contribution in [0.2, 0.25) is 19.1 Å². The fraction of sp³-hybridized carbons (Fsp3) is 0.520. The van der Waals surface area contributed by atoms with Gasteiger partial charge < -0.3 is 9.47 Å². The number of hydrogen-bond acceptors (Lipinski definition) is 4. The number of hydrogen-bond donors (Lipinski definition) is 0. The molecular weight excluding hydrogens is 392 g/mol. The van der Waals surface area contributed by atoms with Crippen molar-refractivity contribution < 1.29 is 19.1 Å². The van der Waals surface area contributed by atoms with E-state index in [-0.39, 0.29) is 19.1 Å². The van der Waals surface area contributed by atoms with Gasteiger partial charge in [-0.3, -0.25) is 0 Å². The molecule has 1 aromatic carbocycles. The molecule has 0 aliphatic rings. The number of benzene rings is 1. The van der Waals surface area contributed by atoms with Crippen LogP contribution in [0.5, 0.6) is 0 Å². The molecule has 0 N–H and O–H groups in total. The van der Waals surface area contributed by atoms with Crippen LogP contribution in [0, 0.1) is 26.7 Å². The van der Waals surface area contributed by atoms with Crippen LogP contribution in [0.1, 0.15) is 43.4 Å². The molecule has 0 bridgehead atoms. The van der Waals surface area contributed by atoms with Crippen LogP contribution in [-0.4, -0.2) is 33.2 Å². The van der Waals surface area contributed by atoms with E-state index >= 15 is 0 Å². The minimum Gasteiger partial charge on any atom is -0.462 e. The molecule has 0 radical (unpaired) electrons. The minimum atomic E-state index is -1.63. The van der Waals surface area contributed by atoms with Crippen molar-refractivity contribution in [3.8, 4) is 0 Å². The molecule has 0 aromatic heterocycles. The molecule has 30 heavy (non-hydrogen) atoms. The summed E-state index contributed by atoms with van der Waals surface area (Å²) >= 11 is 0. The zero-order valence-electron chi connectivity index (χ0n) is 19.8. The Labute approximate surface area is 183 Å². The van der Waals surface area contributed by atoms with Crippen LogP contribution in [0.3, 0.4) is 0 Å². The van der Waals surface area contributed by atoms with Gasteiger partial charge in [0, 0.05) is 17.1 Å². The lowest BCUT2D eigenvalue weighted by atomic mass is 10.1. The number of esters is 2. The van der Waals surface area contributed by atoms with E-state index in [0.29, 0.717) is 11.1 Å². The predicted molar refractivity (Wildman–Crippen MR) is 127 cm³/mol. The van der Waals surface area contributed by atoms with Crippen molar-refractivity contribution in [2.75, 3.05) is 13.2 Å². The topological polar surface area (TPSA) is 52.6 Å². The largest absolute Gasteiger partial charge is 0.462 e. The molecule has 0 unspecified atom stereocenters. The molecule has 0 spiro atoms. The molecule has 166 valence electrons. The molecule has 0 saturated heterocycles. The van der Waals surface area contributed by atoms with Crippen LogP contribution in [0.15, 0.2) is 36.4 Å². The Hall–Kier alpha value is -2.14. The summed E-state index contributed by atoms with van der Waals surface area (Å²) in [6.45, 7) is 22.3. The molecule has 4 nitrogen and oxygen atoms in total. The third-order valence-corrected chi connectivity index (χ3v) is 9.11. The maximum atomic E-state index is 11.8. The molecule has 1 aromatic rings. The SMILES string of the molecule is C=C(C)C(=O)OCC(CCC[Si](C)(C)c1c(C)cc(C)cc1C)COC(=O)C(=C)C. The van der Waals surface area contributed by atoms with Gasteiger partial charge in [-0.2, -0.15) is 0 Å². The van der Waals surface area contributed by atoms with Gasteiger partial charge in [0.15, 0.2) is 0 Å². The van der Waals surface area contributed by atoms with Crippen molar-refractivity contribution in [3.63, 3.8) is 0 Å². The van der Waals surface area contributed by atoms with E-state index in [4.69, 9.17) is 9.47 Å². The molecule has 0 heterocycles. The maximum Gasteiger partial charge on any atom is 0.333 e. The monoisotopic (exact) mass is 430 g/mol. The molecular formula is C25H38O4Si. The van der Waals surface area contributed by atoms with E-state index in [1.165, 1.54) is 21.9 Å². The Morgan fingerprint density at radius 3 is 1.77 bits per heavy atom. The summed E-state index contributed by atoms with van der Waals surface area (Å²) in [4.78, 5) is 23.6. The standard InChI is InChI=1S/C25H38O4Si/c1-17(2)24(26)28-15-22(16-29-25(27)18(3)4)11-10-12-30(8,9)23-20(6)13-19(5)14-21(23)7/h13-14,22H,1,3,10-12,15-16H2,2,4-9H3. The number of carbonyl (C=O) groups is 2. The highest BCUT2D eigenvalue weighted by atomic mass is 28.3. The molecule has 0 aliphatic carbocycles. The van der Waals surface area contributed by atoms with Gasteiger partial charge in [-0.05, 0) is 41.0 Å². The first-order valence-corrected chi connectivity index (χ1v) is 13.8. The second-order valence-corrected chi connectivity index (χ2v) is 13.9. The van der Waals surface area contributed by atoms with E-state index < -0.39 is 20.0 Å². The Morgan fingerprint density at radius 1 is 0.933 bits per heavy atom. The molecule has 0 amide bonds. The van der Waals surface area contributed by atoms with Crippen LogP contribution in [0.25, 0.3) is 0 Å². The fourth-order valence-corrected chi connectivity index (χ4v) is 7.67. The van der Waals surface area contributed by atoms with E-state index in [2.05, 4.69) is 59.2 Å². The number of ether oxygens (including phenoxy) is 2. The first kappa shape index (κ1) is 25.9. The smallest absolute Gasteiger partial charge is 0.333 e. The van der Waals surface area contributed by atoms with Crippen molar-refractivity contribution >= 4 is 25.2 Å². The van der Waals surface area contributed by atoms with Gasteiger partial charge in [-0.15, -0.1) is 0 Å². The lowest BCUT2D eigenvalue weighted by molar-refractivity contribution is -0.144. The zero-order chi connectivity index (χ0) is 23.1. The van der Waals surface area contributed by atoms with E-state index in [9.17, 15) is 9.59 Å². The summed E-state index contributed by atoms with van der Waals surface area (Å²) in [5.41, 5.74) is 4.80. The van der Waals surface area contributed by atoms with Crippen molar-refractivity contribution in [3.05, 3.63) is 53.1 Å². The summed E-state index contributed by atoms with van der Waals surface area (Å²) in [6, 6.07) is 5.67. The summed E-state index contributed by atoms with van der Waals surface area (Å²) in [7, 11) is -1.63. The zero-order valence-corrected chi connectivity index (χ0v) is 20.8. The normalized spacial score (nSPS) is 11.3. The molecule has 0 fully saturated rings. The van der Waals surface area contributed by atoms with Crippen LogP contribution in [-0.2, 0) is 19.1 Å². The summed E-state index contributed by atoms with van der Waals surface area (Å²) < 4.78 is 10.7. The van der Waals surface area contributed by atoms with Gasteiger partial charge in [-0.25, -0.2) is 9.59 Å². The van der Waals surface area contributed by atoms with E-state index in [1.54, 1.807) is 13.8 Å². The van der Waals surface area contributed by atoms with Crippen molar-refractivity contribution in [1.29, 1.82) is 0 Å². The number of rotatable bonds is 11. The van der Waals surface area contributed by atoms with Crippen molar-refractivity contribution in [2.45, 2.75) is 66.6 Å². The number of carbonyl (C=O) groups excluding carboxylic acids is 2. The van der Waals surface area contributed by atoms with Gasteiger partial charge in [0.25, 0.3) is 0 Å². The lowest BCUT2D eigenvalue weighted by Gasteiger charge is -2.28. The Bertz CT molecular complexity index is 754. The lowest BCUT2D eigenvalue weighted by Crippen LogP contribution is -2.44. The average molecular weight is 431 g/mol. The highest BCUT2D eigenvalue weighted by molar-refractivity contribution is 6.90. The molecule has 5 heteroatoms. The van der Waals surface area contributed by atoms with Crippen molar-refractivity contribution in [2.24, 2.45) is 5.92 Å². The first-order chi connectivity index (χ1) is 13.8. The van der Waals surface area contributed by atoms with Gasteiger partial charge in [0.1, 0.15) is 0 Å². The molecule has 1 rings (SSSR count). The second kappa shape index (κ2) is 11.3. The van der Waals surface area contributed by atoms with Gasteiger partial charge in [0.2, 0.25) is 0 Å². The Kier molecular flexibility index (Phi) is 9.76. The number of aryl methyl sites for hydroxylation is 3. The van der Waals surface area contributed by atoms with Crippen LogP contribution < -0.4 is 5.19 Å². The first-order valence-electron chi connectivity index (χ1n) is 10.6. The fourth-order valence-electron chi connectivity index (χ4n) is 4.05. The van der Waals surface area contributed by atoms with Gasteiger partial charge in [0.05, 0.1) is 21.3 Å². The minimum absolute atomic E-state index is 0.0402. The second-order valence-electron chi connectivity index (χ2n) is 9.17. The summed E-state index contributed by atoms with van der Waals surface area (Å²) in [6.07, 6.45) is 1.82. The average Bonchev–Trinajstić information content (AvgIpc) is 2.61. The third-order valence-electron chi connectivity index (χ3n) is 5.37. The van der Waals surface area contributed by atoms with Gasteiger partial charge >= 0.3 is 11.9 Å². The Balaban J connectivity index is 2.78. The highest BCUT2D eigenvalue weighted by Crippen LogP contribution is 2.22. The molecule has 0 saturated carbocycles. The van der Waals surface area contributed by atoms with Gasteiger partial charge in [-0.1, -0.05) is 72.7 Å². The predicted octanol–water partition coefficient (Wildman–Crippen LogP) is 5.16. The third kappa shape index (κ3) is 7.94. The molecule has 0 aliphatic heterocycles. The van der Waals surface area contributed by atoms with Crippen LogP contribution in [0.4, 0.5) is 0 Å². The molecule has 0 atom stereocenters. The van der Waals surface area contributed by atoms with E-state index in [1.807, 2.05) is 0 Å². The maximum absolute atomic E-state index is 11.8. The highest BCUT2D eigenvalue weighted by Gasteiger charge is 2.27. The summed E-state index contributed by atoms with van der Waals surface area (Å²) in [5, 5.41) is 1.53.